The first kappa shape index (κ1) is 14.3. The number of aryl methyl sites for hydroxylation is 1. The average molecular weight is 279 g/mol. The molecule has 0 atom stereocenters. The molecule has 1 aromatic carbocycles. The van der Waals surface area contributed by atoms with Crippen LogP contribution < -0.4 is 11.1 Å². The smallest absolute Gasteiger partial charge is 0.233 e. The number of hydrogen-bond acceptors (Lipinski definition) is 3. The van der Waals surface area contributed by atoms with Crippen LogP contribution in [0, 0.1) is 18.2 Å². The molecule has 1 aliphatic rings. The Hall–Kier alpha value is -2.11. The molecule has 5 nitrogen and oxygen atoms in total. The van der Waals surface area contributed by atoms with Gasteiger partial charge in [-0.05, 0) is 49.4 Å². The van der Waals surface area contributed by atoms with Crippen LogP contribution in [0.5, 0.6) is 0 Å². The molecule has 0 radical (unpaired) electrons. The molecule has 0 bridgehead atoms. The lowest BCUT2D eigenvalue weighted by Crippen LogP contribution is -2.41. The van der Waals surface area contributed by atoms with E-state index in [0.717, 1.165) is 11.1 Å². The summed E-state index contributed by atoms with van der Waals surface area (Å²) >= 11 is 0. The van der Waals surface area contributed by atoms with Crippen molar-refractivity contribution in [3.8, 4) is 0 Å². The lowest BCUT2D eigenvalue weighted by molar-refractivity contribution is -0.124. The third kappa shape index (κ3) is 2.74. The van der Waals surface area contributed by atoms with E-state index >= 15 is 0 Å². The van der Waals surface area contributed by atoms with Crippen LogP contribution in [0.25, 0.3) is 0 Å². The minimum Gasteiger partial charge on any atom is -0.409 e. The number of hydrogen-bond donors (Lipinski definition) is 3. The monoisotopic (exact) mass is 279 g/mol. The zero-order chi connectivity index (χ0) is 14.8. The fraction of sp³-hybridized carbons (Fsp3) is 0.429. The predicted molar refractivity (Wildman–Crippen MR) is 72.9 cm³/mol. The standard InChI is InChI=1S/C14H18FN3O2/c1-9-8-11(15)3-2-10(9)4-7-17-13(19)14(5-6-14)12(16)18-20/h2-3,8,20H,4-7H2,1H3,(H2,16,18)(H,17,19). The summed E-state index contributed by atoms with van der Waals surface area (Å²) < 4.78 is 13.0. The molecule has 4 N–H and O–H groups in total. The number of amidine groups is 1. The number of nitrogens with one attached hydrogen (secondary N) is 1. The van der Waals surface area contributed by atoms with Gasteiger partial charge in [0.1, 0.15) is 11.2 Å². The molecule has 0 saturated heterocycles. The summed E-state index contributed by atoms with van der Waals surface area (Å²) in [5.41, 5.74) is 6.55. The molecular formula is C14H18FN3O2. The topological polar surface area (TPSA) is 87.7 Å². The van der Waals surface area contributed by atoms with Crippen LogP contribution >= 0.6 is 0 Å². The molecule has 0 aliphatic heterocycles. The number of nitrogens with two attached hydrogens (primary N) is 1. The Morgan fingerprint density at radius 3 is 2.80 bits per heavy atom. The Kier molecular flexibility index (Phi) is 3.92. The van der Waals surface area contributed by atoms with Crippen molar-refractivity contribution < 1.29 is 14.4 Å². The zero-order valence-electron chi connectivity index (χ0n) is 11.3. The Labute approximate surface area is 116 Å². The number of nitrogens with zero attached hydrogens (tertiary/aromatic N) is 1. The van der Waals surface area contributed by atoms with Crippen LogP contribution in [-0.2, 0) is 11.2 Å². The van der Waals surface area contributed by atoms with Crippen LogP contribution in [0.1, 0.15) is 24.0 Å². The Morgan fingerprint density at radius 1 is 1.55 bits per heavy atom. The molecule has 20 heavy (non-hydrogen) atoms. The minimum absolute atomic E-state index is 0.0343. The number of carbonyl (C=O) groups is 1. The van der Waals surface area contributed by atoms with Gasteiger partial charge in [-0.15, -0.1) is 0 Å². The highest BCUT2D eigenvalue weighted by Crippen LogP contribution is 2.45. The molecule has 1 amide bonds. The molecule has 6 heteroatoms. The summed E-state index contributed by atoms with van der Waals surface area (Å²) in [6.45, 7) is 2.27. The Bertz CT molecular complexity index is 553. The van der Waals surface area contributed by atoms with E-state index < -0.39 is 5.41 Å². The fourth-order valence-corrected chi connectivity index (χ4v) is 2.24. The van der Waals surface area contributed by atoms with Crippen molar-refractivity contribution in [3.05, 3.63) is 35.1 Å². The molecule has 2 rings (SSSR count). The first-order valence-corrected chi connectivity index (χ1v) is 6.51. The number of benzene rings is 1. The number of oxime groups is 1. The van der Waals surface area contributed by atoms with Crippen molar-refractivity contribution in [2.75, 3.05) is 6.54 Å². The van der Waals surface area contributed by atoms with Gasteiger partial charge >= 0.3 is 0 Å². The van der Waals surface area contributed by atoms with Crippen LogP contribution in [0.3, 0.4) is 0 Å². The van der Waals surface area contributed by atoms with E-state index in [1.54, 1.807) is 6.07 Å². The lowest BCUT2D eigenvalue weighted by Gasteiger charge is -2.14. The third-order valence-corrected chi connectivity index (χ3v) is 3.77. The molecular weight excluding hydrogens is 261 g/mol. The molecule has 0 unspecified atom stereocenters. The van der Waals surface area contributed by atoms with Crippen molar-refractivity contribution in [3.63, 3.8) is 0 Å². The highest BCUT2D eigenvalue weighted by Gasteiger charge is 2.54. The molecule has 0 heterocycles. The molecule has 1 fully saturated rings. The number of rotatable bonds is 5. The SMILES string of the molecule is Cc1cc(F)ccc1CCNC(=O)C1(/C(N)=N/O)CC1. The quantitative estimate of drug-likeness (QED) is 0.329. The number of carbonyl (C=O) groups excluding carboxylic acids is 1. The van der Waals surface area contributed by atoms with Crippen LogP contribution in [0.4, 0.5) is 4.39 Å². The second-order valence-electron chi connectivity index (χ2n) is 5.14. The predicted octanol–water partition coefficient (Wildman–Crippen LogP) is 1.32. The van der Waals surface area contributed by atoms with Crippen LogP contribution in [-0.4, -0.2) is 23.5 Å². The van der Waals surface area contributed by atoms with Gasteiger partial charge in [0, 0.05) is 6.54 Å². The van der Waals surface area contributed by atoms with E-state index in [4.69, 9.17) is 10.9 Å². The first-order valence-electron chi connectivity index (χ1n) is 6.51. The maximum atomic E-state index is 13.0. The second-order valence-corrected chi connectivity index (χ2v) is 5.14. The van der Waals surface area contributed by atoms with E-state index in [2.05, 4.69) is 10.5 Å². The van der Waals surface area contributed by atoms with Gasteiger partial charge in [0.05, 0.1) is 0 Å². The fourth-order valence-electron chi connectivity index (χ4n) is 2.24. The maximum Gasteiger partial charge on any atom is 0.233 e. The van der Waals surface area contributed by atoms with Crippen LogP contribution in [0.2, 0.25) is 0 Å². The first-order chi connectivity index (χ1) is 9.49. The van der Waals surface area contributed by atoms with E-state index in [1.807, 2.05) is 6.92 Å². The van der Waals surface area contributed by atoms with Crippen molar-refractivity contribution >= 4 is 11.7 Å². The van der Waals surface area contributed by atoms with Gasteiger partial charge in [0.25, 0.3) is 0 Å². The Morgan fingerprint density at radius 2 is 2.25 bits per heavy atom. The molecule has 1 aliphatic carbocycles. The maximum absolute atomic E-state index is 13.0. The van der Waals surface area contributed by atoms with E-state index in [-0.39, 0.29) is 17.6 Å². The van der Waals surface area contributed by atoms with Gasteiger partial charge in [0.2, 0.25) is 5.91 Å². The zero-order valence-corrected chi connectivity index (χ0v) is 11.3. The summed E-state index contributed by atoms with van der Waals surface area (Å²) in [4.78, 5) is 12.0. The molecule has 1 saturated carbocycles. The normalized spacial score (nSPS) is 16.8. The highest BCUT2D eigenvalue weighted by atomic mass is 19.1. The summed E-state index contributed by atoms with van der Waals surface area (Å²) in [5, 5.41) is 14.4. The molecule has 1 aromatic rings. The van der Waals surface area contributed by atoms with E-state index in [0.29, 0.717) is 25.8 Å². The van der Waals surface area contributed by atoms with Crippen molar-refractivity contribution in [2.45, 2.75) is 26.2 Å². The van der Waals surface area contributed by atoms with E-state index in [1.165, 1.54) is 12.1 Å². The average Bonchev–Trinajstić information content (AvgIpc) is 3.21. The summed E-state index contributed by atoms with van der Waals surface area (Å²) in [5.74, 6) is -0.514. The summed E-state index contributed by atoms with van der Waals surface area (Å²) in [6, 6.07) is 4.59. The number of halogens is 1. The van der Waals surface area contributed by atoms with Gasteiger partial charge in [-0.3, -0.25) is 4.79 Å². The minimum atomic E-state index is -0.827. The van der Waals surface area contributed by atoms with Gasteiger partial charge in [-0.1, -0.05) is 11.2 Å². The van der Waals surface area contributed by atoms with Crippen molar-refractivity contribution in [2.24, 2.45) is 16.3 Å². The lowest BCUT2D eigenvalue weighted by atomic mass is 10.0. The molecule has 0 spiro atoms. The van der Waals surface area contributed by atoms with Crippen molar-refractivity contribution in [1.82, 2.24) is 5.32 Å². The number of amides is 1. The van der Waals surface area contributed by atoms with Gasteiger partial charge in [0.15, 0.2) is 5.84 Å². The largest absolute Gasteiger partial charge is 0.409 e. The van der Waals surface area contributed by atoms with Crippen molar-refractivity contribution in [1.29, 1.82) is 0 Å². The Balaban J connectivity index is 1.89. The second kappa shape index (κ2) is 5.48. The van der Waals surface area contributed by atoms with Crippen LogP contribution in [0.15, 0.2) is 23.4 Å². The molecule has 108 valence electrons. The van der Waals surface area contributed by atoms with E-state index in [9.17, 15) is 9.18 Å². The summed E-state index contributed by atoms with van der Waals surface area (Å²) in [6.07, 6.45) is 1.82. The highest BCUT2D eigenvalue weighted by molar-refractivity contribution is 6.09. The van der Waals surface area contributed by atoms with Gasteiger partial charge in [-0.25, -0.2) is 4.39 Å². The van der Waals surface area contributed by atoms with Gasteiger partial charge < -0.3 is 16.3 Å². The molecule has 0 aromatic heterocycles. The third-order valence-electron chi connectivity index (χ3n) is 3.77. The van der Waals surface area contributed by atoms with Gasteiger partial charge in [-0.2, -0.15) is 0 Å². The summed E-state index contributed by atoms with van der Waals surface area (Å²) in [7, 11) is 0.